The minimum absolute atomic E-state index is 0. The number of hydrogen-bond acceptors (Lipinski definition) is 8. The number of amides is 3. The molecular weight excluding hydrogens is 770 g/mol. The molecule has 313 valence electrons. The van der Waals surface area contributed by atoms with Crippen LogP contribution in [-0.4, -0.2) is 103 Å². The zero-order valence-corrected chi connectivity index (χ0v) is 37.4. The van der Waals surface area contributed by atoms with Crippen LogP contribution in [-0.2, 0) is 66.3 Å². The fourth-order valence-corrected chi connectivity index (χ4v) is 4.11. The third kappa shape index (κ3) is 56.5. The number of hydrogen-bond donors (Lipinski definition) is 5. The van der Waals surface area contributed by atoms with Crippen molar-refractivity contribution in [2.45, 2.75) is 181 Å². The van der Waals surface area contributed by atoms with Crippen molar-refractivity contribution in [3.63, 3.8) is 0 Å². The first-order chi connectivity index (χ1) is 25.0. The normalized spacial score (nSPS) is 10.9. The van der Waals surface area contributed by atoms with Crippen LogP contribution in [0.1, 0.15) is 164 Å². The topological polar surface area (TPSA) is 237 Å². The van der Waals surface area contributed by atoms with Crippen LogP contribution in [0.3, 0.4) is 0 Å². The first kappa shape index (κ1) is 63.7. The number of unbranched alkanes of at least 4 members (excludes halogenated alkanes) is 12. The van der Waals surface area contributed by atoms with E-state index in [-0.39, 0.29) is 69.8 Å². The number of nitrogens with zero attached hydrogens (tertiary/aromatic N) is 1. The summed E-state index contributed by atoms with van der Waals surface area (Å²) in [7, 11) is 6.49. The van der Waals surface area contributed by atoms with E-state index in [1.54, 1.807) is 11.9 Å². The molecular formula is C38H74BN5O9Y-2. The molecule has 0 heterocycles. The summed E-state index contributed by atoms with van der Waals surface area (Å²) in [5.74, 6) is -2.31. The summed E-state index contributed by atoms with van der Waals surface area (Å²) in [6, 6.07) is -0.893. The summed E-state index contributed by atoms with van der Waals surface area (Å²) in [6.07, 6.45) is 16.9. The van der Waals surface area contributed by atoms with Crippen LogP contribution < -0.4 is 16.4 Å². The van der Waals surface area contributed by atoms with Gasteiger partial charge in [-0.05, 0) is 46.0 Å². The molecule has 54 heavy (non-hydrogen) atoms. The van der Waals surface area contributed by atoms with E-state index in [1.165, 1.54) is 46.0 Å². The second-order valence-electron chi connectivity index (χ2n) is 13.1. The van der Waals surface area contributed by atoms with Gasteiger partial charge >= 0.3 is 11.9 Å². The molecule has 0 aliphatic rings. The maximum Gasteiger partial charge on any atom is 0.326 e. The van der Waals surface area contributed by atoms with Gasteiger partial charge in [0.15, 0.2) is 7.85 Å². The molecule has 0 bridgehead atoms. The Bertz CT molecular complexity index is 926. The number of carboxylic acids is 2. The average Bonchev–Trinajstić information content (AvgIpc) is 3.11. The van der Waals surface area contributed by atoms with Crippen LogP contribution >= 0.6 is 0 Å². The molecule has 0 aromatic heterocycles. The summed E-state index contributed by atoms with van der Waals surface area (Å²) < 4.78 is 0. The second kappa shape index (κ2) is 46.9. The molecule has 2 atom stereocenters. The van der Waals surface area contributed by atoms with Crippen molar-refractivity contribution in [1.29, 1.82) is 0 Å². The van der Waals surface area contributed by atoms with E-state index in [0.29, 0.717) is 13.0 Å². The Kier molecular flexibility index (Phi) is 55.4. The predicted molar refractivity (Wildman–Crippen MR) is 213 cm³/mol. The molecule has 0 fully saturated rings. The van der Waals surface area contributed by atoms with Gasteiger partial charge in [-0.2, -0.15) is 0 Å². The zero-order chi connectivity index (χ0) is 42.1. The van der Waals surface area contributed by atoms with Crippen molar-refractivity contribution < 1.29 is 76.5 Å². The van der Waals surface area contributed by atoms with Gasteiger partial charge in [0.2, 0.25) is 18.2 Å². The summed E-state index contributed by atoms with van der Waals surface area (Å²) in [4.78, 5) is 75.0. The van der Waals surface area contributed by atoms with Crippen LogP contribution in [0.2, 0.25) is 0 Å². The fourth-order valence-electron chi connectivity index (χ4n) is 4.11. The van der Waals surface area contributed by atoms with Gasteiger partial charge in [-0.1, -0.05) is 104 Å². The molecule has 0 aromatic rings. The van der Waals surface area contributed by atoms with Gasteiger partial charge in [0.25, 0.3) is 0 Å². The minimum Gasteiger partial charge on any atom is -0.667 e. The van der Waals surface area contributed by atoms with Crippen molar-refractivity contribution in [2.24, 2.45) is 5.73 Å². The smallest absolute Gasteiger partial charge is 0.326 e. The molecule has 0 saturated carbocycles. The van der Waals surface area contributed by atoms with Gasteiger partial charge in [0.05, 0.1) is 5.68 Å². The molecule has 7 N–H and O–H groups in total. The fraction of sp³-hybridized carbons (Fsp3) is 0.816. The molecule has 16 heteroatoms. The van der Waals surface area contributed by atoms with E-state index < -0.39 is 29.2 Å². The molecule has 0 aliphatic carbocycles. The number of carbonyl (C=O) groups excluding carboxylic acids is 5. The third-order valence-corrected chi connectivity index (χ3v) is 7.54. The van der Waals surface area contributed by atoms with E-state index in [1.807, 2.05) is 27.7 Å². The largest absolute Gasteiger partial charge is 0.667 e. The monoisotopic (exact) mass is 844 g/mol. The van der Waals surface area contributed by atoms with Gasteiger partial charge < -0.3 is 46.8 Å². The standard InChI is InChI=1S/C27H51N3O6.C4H7BNO.C4H9NO.C2H6.CHO.Y/c1-22(28)16-14-15-21-29-24(31)20-19-23(27(35)36)30-25(32)17-12-10-8-6-4-2-3-5-7-9-11-13-18-26(33)34;1-4(2,6)3(5)7;1-3-5(2)4-6;2*1-2;/h22-23H,2-21,28H2,1H3,(H,29,31)(H,30,32)(H,33,34)(H,35,36);6H,1-2H3;4H,3H2,1-2H3;1-2H3;1H;/q;-1;;;-1;. The number of carbonyl (C=O) groups is 6. The maximum atomic E-state index is 12.1. The van der Waals surface area contributed by atoms with E-state index >= 15 is 0 Å². The summed E-state index contributed by atoms with van der Waals surface area (Å²) >= 11 is 0. The first-order valence-corrected chi connectivity index (χ1v) is 19.2. The molecule has 0 rings (SSSR count). The quantitative estimate of drug-likeness (QED) is 0.0272. The SMILES string of the molecule is CC.CC(N)CCCCNC(=O)CCC(NC(=O)CCCCCCCCCCCCCCC(=O)O)C(=O)O.CCN(C)C=O.[B]C(=O)C(C)(C)[NH-].[CH-]=O.[Y]. The Hall–Kier alpha value is -2.22. The average molecular weight is 845 g/mol. The minimum atomic E-state index is -1.12. The van der Waals surface area contributed by atoms with Gasteiger partial charge in [-0.3, -0.25) is 26.0 Å². The molecule has 0 aliphatic heterocycles. The third-order valence-electron chi connectivity index (χ3n) is 7.54. The maximum absolute atomic E-state index is 12.1. The van der Waals surface area contributed by atoms with Crippen molar-refractivity contribution in [3.05, 3.63) is 5.73 Å². The van der Waals surface area contributed by atoms with Crippen LogP contribution in [0.15, 0.2) is 0 Å². The molecule has 3 amide bonds. The van der Waals surface area contributed by atoms with E-state index in [4.69, 9.17) is 29.2 Å². The number of nitrogens with one attached hydrogen (secondary N) is 3. The number of aliphatic carboxylic acids is 2. The van der Waals surface area contributed by atoms with Crippen LogP contribution in [0, 0.1) is 0 Å². The molecule has 0 spiro atoms. The second-order valence-corrected chi connectivity index (χ2v) is 13.1. The number of rotatable bonds is 28. The van der Waals surface area contributed by atoms with E-state index in [0.717, 1.165) is 77.2 Å². The van der Waals surface area contributed by atoms with Crippen molar-refractivity contribution >= 4 is 50.5 Å². The van der Waals surface area contributed by atoms with E-state index in [2.05, 4.69) is 17.4 Å². The Morgan fingerprint density at radius 3 is 1.52 bits per heavy atom. The van der Waals surface area contributed by atoms with Crippen molar-refractivity contribution in [1.82, 2.24) is 15.5 Å². The Morgan fingerprint density at radius 1 is 0.796 bits per heavy atom. The Morgan fingerprint density at radius 2 is 1.20 bits per heavy atom. The van der Waals surface area contributed by atoms with Gasteiger partial charge in [0.1, 0.15) is 6.04 Å². The first-order valence-electron chi connectivity index (χ1n) is 19.2. The van der Waals surface area contributed by atoms with Gasteiger partial charge in [0, 0.05) is 78.2 Å². The van der Waals surface area contributed by atoms with Gasteiger partial charge in [-0.15, -0.1) is 0 Å². The zero-order valence-electron chi connectivity index (χ0n) is 34.6. The van der Waals surface area contributed by atoms with E-state index in [9.17, 15) is 33.9 Å². The van der Waals surface area contributed by atoms with Crippen molar-refractivity contribution in [3.8, 4) is 0 Å². The summed E-state index contributed by atoms with van der Waals surface area (Å²) in [5.41, 5.74) is 10.9. The Balaban J connectivity index is -0.000000266. The van der Waals surface area contributed by atoms with Crippen LogP contribution in [0.4, 0.5) is 0 Å². The Labute approximate surface area is 353 Å². The summed E-state index contributed by atoms with van der Waals surface area (Å²) in [6.45, 7) is 15.4. The molecule has 3 radical (unpaired) electrons. The van der Waals surface area contributed by atoms with Crippen LogP contribution in [0.5, 0.6) is 0 Å². The number of nitrogens with two attached hydrogens (primary N) is 1. The molecule has 0 saturated heterocycles. The van der Waals surface area contributed by atoms with Crippen LogP contribution in [0.25, 0.3) is 5.73 Å². The summed E-state index contributed by atoms with van der Waals surface area (Å²) in [5, 5.41) is 23.3. The molecule has 2 unspecified atom stereocenters. The number of carboxylic acid groups (broad SMARTS) is 2. The molecule has 0 aromatic carbocycles. The van der Waals surface area contributed by atoms with Gasteiger partial charge in [-0.25, -0.2) is 4.79 Å². The predicted octanol–water partition coefficient (Wildman–Crippen LogP) is 5.87. The molecule has 14 nitrogen and oxygen atoms in total. The van der Waals surface area contributed by atoms with Crippen molar-refractivity contribution in [2.75, 3.05) is 20.1 Å².